The quantitative estimate of drug-likeness (QED) is 0.806. The van der Waals surface area contributed by atoms with E-state index in [2.05, 4.69) is 11.0 Å². The second-order valence-corrected chi connectivity index (χ2v) is 7.39. The van der Waals surface area contributed by atoms with Crippen LogP contribution in [0.15, 0.2) is 24.3 Å². The fourth-order valence-corrected chi connectivity index (χ4v) is 4.06. The van der Waals surface area contributed by atoms with Crippen LogP contribution in [-0.2, 0) is 9.59 Å². The minimum Gasteiger partial charge on any atom is -0.492 e. The molecule has 2 amide bonds. The standard InChI is InChI=1S/C20H27N3O3/c1-2-26-18-6-4-3-5-17(18)21-9-11-22(12-10-21)20(25)15-13-19(24)23(14-15)16-7-8-16/h3-6,15-16H,2,7-14H2,1H3/t15-/m0/s1. The van der Waals surface area contributed by atoms with Crippen molar-refractivity contribution in [1.82, 2.24) is 9.80 Å². The van der Waals surface area contributed by atoms with E-state index in [1.54, 1.807) is 0 Å². The predicted octanol–water partition coefficient (Wildman–Crippen LogP) is 1.74. The Bertz CT molecular complexity index is 681. The van der Waals surface area contributed by atoms with Crippen LogP contribution < -0.4 is 9.64 Å². The van der Waals surface area contributed by atoms with E-state index in [0.29, 0.717) is 38.7 Å². The number of carbonyl (C=O) groups excluding carboxylic acids is 2. The lowest BCUT2D eigenvalue weighted by Crippen LogP contribution is -2.50. The van der Waals surface area contributed by atoms with E-state index in [9.17, 15) is 9.59 Å². The van der Waals surface area contributed by atoms with Gasteiger partial charge >= 0.3 is 0 Å². The highest BCUT2D eigenvalue weighted by Gasteiger charge is 2.43. The number of piperazine rings is 1. The Hall–Kier alpha value is -2.24. The highest BCUT2D eigenvalue weighted by Crippen LogP contribution is 2.34. The van der Waals surface area contributed by atoms with Gasteiger partial charge in [0.05, 0.1) is 18.2 Å². The summed E-state index contributed by atoms with van der Waals surface area (Å²) < 4.78 is 5.73. The molecule has 0 unspecified atom stereocenters. The Kier molecular flexibility index (Phi) is 4.74. The van der Waals surface area contributed by atoms with Gasteiger partial charge in [0.15, 0.2) is 0 Å². The second kappa shape index (κ2) is 7.17. The third kappa shape index (κ3) is 3.37. The van der Waals surface area contributed by atoms with E-state index < -0.39 is 0 Å². The smallest absolute Gasteiger partial charge is 0.228 e. The predicted molar refractivity (Wildman–Crippen MR) is 99.2 cm³/mol. The zero-order valence-electron chi connectivity index (χ0n) is 15.4. The van der Waals surface area contributed by atoms with Crippen LogP contribution in [0.25, 0.3) is 0 Å². The number of benzene rings is 1. The van der Waals surface area contributed by atoms with Gasteiger partial charge in [-0.15, -0.1) is 0 Å². The van der Waals surface area contributed by atoms with E-state index in [1.807, 2.05) is 34.9 Å². The first-order valence-corrected chi connectivity index (χ1v) is 9.72. The minimum atomic E-state index is -0.148. The van der Waals surface area contributed by atoms with Gasteiger partial charge in [-0.2, -0.15) is 0 Å². The Labute approximate surface area is 154 Å². The summed E-state index contributed by atoms with van der Waals surface area (Å²) in [5, 5.41) is 0. The summed E-state index contributed by atoms with van der Waals surface area (Å²) in [6.45, 7) is 6.24. The average Bonchev–Trinajstić information content (AvgIpc) is 3.44. The molecule has 1 saturated carbocycles. The molecule has 0 bridgehead atoms. The fraction of sp³-hybridized carbons (Fsp3) is 0.600. The van der Waals surface area contributed by atoms with Gasteiger partial charge in [-0.3, -0.25) is 9.59 Å². The number of anilines is 1. The minimum absolute atomic E-state index is 0.148. The van der Waals surface area contributed by atoms with Crippen molar-refractivity contribution in [1.29, 1.82) is 0 Å². The Morgan fingerprint density at radius 3 is 2.58 bits per heavy atom. The molecule has 1 aromatic rings. The van der Waals surface area contributed by atoms with E-state index in [4.69, 9.17) is 4.74 Å². The largest absolute Gasteiger partial charge is 0.492 e. The number of para-hydroxylation sites is 2. The molecule has 0 N–H and O–H groups in total. The zero-order chi connectivity index (χ0) is 18.1. The molecular weight excluding hydrogens is 330 g/mol. The summed E-state index contributed by atoms with van der Waals surface area (Å²) in [7, 11) is 0. The molecule has 1 aliphatic carbocycles. The number of amides is 2. The number of likely N-dealkylation sites (tertiary alicyclic amines) is 1. The van der Waals surface area contributed by atoms with Crippen molar-refractivity contribution in [3.05, 3.63) is 24.3 Å². The number of nitrogens with zero attached hydrogens (tertiary/aromatic N) is 3. The number of hydrogen-bond acceptors (Lipinski definition) is 4. The Morgan fingerprint density at radius 1 is 1.15 bits per heavy atom. The summed E-state index contributed by atoms with van der Waals surface area (Å²) in [5.41, 5.74) is 1.09. The monoisotopic (exact) mass is 357 g/mol. The van der Waals surface area contributed by atoms with Crippen molar-refractivity contribution in [3.8, 4) is 5.75 Å². The van der Waals surface area contributed by atoms with Crippen molar-refractivity contribution < 1.29 is 14.3 Å². The zero-order valence-corrected chi connectivity index (χ0v) is 15.4. The van der Waals surface area contributed by atoms with Crippen LogP contribution in [0, 0.1) is 5.92 Å². The lowest BCUT2D eigenvalue weighted by atomic mass is 10.1. The van der Waals surface area contributed by atoms with Crippen molar-refractivity contribution in [2.24, 2.45) is 5.92 Å². The normalized spacial score (nSPS) is 23.5. The van der Waals surface area contributed by atoms with Crippen molar-refractivity contribution in [2.75, 3.05) is 44.2 Å². The van der Waals surface area contributed by atoms with Gasteiger partial charge in [0.1, 0.15) is 5.75 Å². The maximum absolute atomic E-state index is 12.9. The Balaban J connectivity index is 1.35. The van der Waals surface area contributed by atoms with Gasteiger partial charge in [0.25, 0.3) is 0 Å². The van der Waals surface area contributed by atoms with Crippen LogP contribution >= 0.6 is 0 Å². The first-order chi connectivity index (χ1) is 12.7. The SMILES string of the molecule is CCOc1ccccc1N1CCN(C(=O)[C@H]2CC(=O)N(C3CC3)C2)CC1. The molecule has 2 heterocycles. The number of carbonyl (C=O) groups is 2. The first kappa shape index (κ1) is 17.2. The van der Waals surface area contributed by atoms with Crippen molar-refractivity contribution in [2.45, 2.75) is 32.2 Å². The summed E-state index contributed by atoms with van der Waals surface area (Å²) in [5.74, 6) is 1.07. The van der Waals surface area contributed by atoms with Crippen LogP contribution in [-0.4, -0.2) is 67.0 Å². The van der Waals surface area contributed by atoms with Crippen molar-refractivity contribution >= 4 is 17.5 Å². The van der Waals surface area contributed by atoms with E-state index in [-0.39, 0.29) is 17.7 Å². The van der Waals surface area contributed by atoms with Gasteiger partial charge in [0, 0.05) is 45.2 Å². The summed E-state index contributed by atoms with van der Waals surface area (Å²) in [6.07, 6.45) is 2.60. The number of rotatable bonds is 5. The molecule has 26 heavy (non-hydrogen) atoms. The summed E-state index contributed by atoms with van der Waals surface area (Å²) >= 11 is 0. The van der Waals surface area contributed by atoms with Crippen LogP contribution in [0.2, 0.25) is 0 Å². The molecule has 140 valence electrons. The molecule has 3 aliphatic rings. The molecule has 3 fully saturated rings. The van der Waals surface area contributed by atoms with Crippen LogP contribution in [0.4, 0.5) is 5.69 Å². The molecule has 2 saturated heterocycles. The van der Waals surface area contributed by atoms with E-state index in [0.717, 1.165) is 37.4 Å². The molecule has 0 spiro atoms. The Morgan fingerprint density at radius 2 is 1.88 bits per heavy atom. The van der Waals surface area contributed by atoms with Gasteiger partial charge in [-0.1, -0.05) is 12.1 Å². The molecule has 0 aromatic heterocycles. The van der Waals surface area contributed by atoms with E-state index in [1.165, 1.54) is 0 Å². The third-order valence-electron chi connectivity index (χ3n) is 5.59. The lowest BCUT2D eigenvalue weighted by Gasteiger charge is -2.37. The summed E-state index contributed by atoms with van der Waals surface area (Å²) in [6, 6.07) is 8.48. The highest BCUT2D eigenvalue weighted by molar-refractivity contribution is 5.89. The molecule has 6 heteroatoms. The maximum atomic E-state index is 12.9. The first-order valence-electron chi connectivity index (χ1n) is 9.72. The molecule has 1 atom stereocenters. The number of ether oxygens (including phenoxy) is 1. The van der Waals surface area contributed by atoms with Gasteiger partial charge in [-0.25, -0.2) is 0 Å². The van der Waals surface area contributed by atoms with E-state index >= 15 is 0 Å². The van der Waals surface area contributed by atoms with Gasteiger partial charge in [0.2, 0.25) is 11.8 Å². The molecule has 1 aromatic carbocycles. The molecule has 2 aliphatic heterocycles. The van der Waals surface area contributed by atoms with Crippen LogP contribution in [0.3, 0.4) is 0 Å². The van der Waals surface area contributed by atoms with Crippen LogP contribution in [0.1, 0.15) is 26.2 Å². The summed E-state index contributed by atoms with van der Waals surface area (Å²) in [4.78, 5) is 31.1. The fourth-order valence-electron chi connectivity index (χ4n) is 4.06. The average molecular weight is 357 g/mol. The third-order valence-corrected chi connectivity index (χ3v) is 5.59. The van der Waals surface area contributed by atoms with Crippen LogP contribution in [0.5, 0.6) is 5.75 Å². The van der Waals surface area contributed by atoms with Gasteiger partial charge in [-0.05, 0) is 31.9 Å². The van der Waals surface area contributed by atoms with Gasteiger partial charge < -0.3 is 19.4 Å². The molecule has 0 radical (unpaired) electrons. The topological polar surface area (TPSA) is 53.1 Å². The lowest BCUT2D eigenvalue weighted by molar-refractivity contribution is -0.136. The highest BCUT2D eigenvalue weighted by atomic mass is 16.5. The molecule has 6 nitrogen and oxygen atoms in total. The molecule has 4 rings (SSSR count). The second-order valence-electron chi connectivity index (χ2n) is 7.39. The molecular formula is C20H27N3O3. The number of hydrogen-bond donors (Lipinski definition) is 0. The van der Waals surface area contributed by atoms with Crippen molar-refractivity contribution in [3.63, 3.8) is 0 Å². The maximum Gasteiger partial charge on any atom is 0.228 e.